The third kappa shape index (κ3) is 5.20. The number of carbonyl (C=O) groups excluding carboxylic acids is 1. The van der Waals surface area contributed by atoms with E-state index in [1.54, 1.807) is 42.8 Å². The van der Waals surface area contributed by atoms with Gasteiger partial charge >= 0.3 is 6.03 Å². The molecule has 0 saturated carbocycles. The predicted octanol–water partition coefficient (Wildman–Crippen LogP) is 5.69. The molecule has 0 spiro atoms. The molecular weight excluding hydrogens is 400 g/mol. The van der Waals surface area contributed by atoms with Gasteiger partial charge in [-0.2, -0.15) is 5.10 Å². The largest absolute Gasteiger partial charge is 0.386 e. The van der Waals surface area contributed by atoms with Gasteiger partial charge in [-0.3, -0.25) is 5.32 Å². The Bertz CT molecular complexity index is 1030. The molecule has 0 aliphatic heterocycles. The zero-order valence-corrected chi connectivity index (χ0v) is 18.6. The fourth-order valence-electron chi connectivity index (χ4n) is 2.86. The SMILES string of the molecule is CC(C)(C)c1cc(NC(=O)Nc2ccc(Cl)cc2)n(-c2ccc(C(C)(C)O)cc2)n1. The third-order valence-corrected chi connectivity index (χ3v) is 4.89. The Morgan fingerprint density at radius 3 is 2.10 bits per heavy atom. The van der Waals surface area contributed by atoms with Crippen molar-refractivity contribution in [3.8, 4) is 5.69 Å². The number of nitrogens with one attached hydrogen (secondary N) is 2. The van der Waals surface area contributed by atoms with E-state index in [4.69, 9.17) is 16.7 Å². The minimum absolute atomic E-state index is 0.193. The van der Waals surface area contributed by atoms with Crippen LogP contribution in [0.3, 0.4) is 0 Å². The van der Waals surface area contributed by atoms with Crippen molar-refractivity contribution in [2.24, 2.45) is 0 Å². The van der Waals surface area contributed by atoms with Crippen molar-refractivity contribution in [1.29, 1.82) is 0 Å². The predicted molar refractivity (Wildman–Crippen MR) is 122 cm³/mol. The summed E-state index contributed by atoms with van der Waals surface area (Å²) in [6, 6.07) is 15.8. The molecule has 0 aliphatic rings. The van der Waals surface area contributed by atoms with E-state index in [-0.39, 0.29) is 11.4 Å². The number of benzene rings is 2. The number of halogens is 1. The molecule has 0 radical (unpaired) electrons. The first-order valence-electron chi connectivity index (χ1n) is 9.71. The van der Waals surface area contributed by atoms with Crippen LogP contribution in [0.1, 0.15) is 45.9 Å². The molecule has 0 unspecified atom stereocenters. The molecule has 6 nitrogen and oxygen atoms in total. The molecule has 1 aromatic heterocycles. The molecular formula is C23H27ClN4O2. The molecule has 158 valence electrons. The van der Waals surface area contributed by atoms with Crippen LogP contribution in [0.2, 0.25) is 5.02 Å². The molecule has 0 saturated heterocycles. The lowest BCUT2D eigenvalue weighted by molar-refractivity contribution is 0.0786. The molecule has 7 heteroatoms. The van der Waals surface area contributed by atoms with Gasteiger partial charge in [-0.05, 0) is 55.8 Å². The zero-order valence-electron chi connectivity index (χ0n) is 17.8. The molecule has 0 atom stereocenters. The van der Waals surface area contributed by atoms with Gasteiger partial charge in [0.2, 0.25) is 0 Å². The van der Waals surface area contributed by atoms with Crippen LogP contribution in [0.4, 0.5) is 16.3 Å². The summed E-state index contributed by atoms with van der Waals surface area (Å²) in [7, 11) is 0. The van der Waals surface area contributed by atoms with Crippen LogP contribution in [-0.2, 0) is 11.0 Å². The molecule has 3 aromatic rings. The van der Waals surface area contributed by atoms with Crippen LogP contribution in [0.25, 0.3) is 5.69 Å². The van der Waals surface area contributed by atoms with Crippen molar-refractivity contribution < 1.29 is 9.90 Å². The maximum absolute atomic E-state index is 12.6. The lowest BCUT2D eigenvalue weighted by Crippen LogP contribution is -2.21. The molecule has 2 aromatic carbocycles. The highest BCUT2D eigenvalue weighted by molar-refractivity contribution is 6.30. The van der Waals surface area contributed by atoms with E-state index in [0.717, 1.165) is 16.9 Å². The normalized spacial score (nSPS) is 12.0. The van der Waals surface area contributed by atoms with Crippen molar-refractivity contribution in [3.63, 3.8) is 0 Å². The Morgan fingerprint density at radius 2 is 1.57 bits per heavy atom. The summed E-state index contributed by atoms with van der Waals surface area (Å²) in [6.07, 6.45) is 0. The summed E-state index contributed by atoms with van der Waals surface area (Å²) in [5.41, 5.74) is 1.93. The number of anilines is 2. The smallest absolute Gasteiger partial charge is 0.324 e. The first kappa shape index (κ1) is 21.9. The van der Waals surface area contributed by atoms with E-state index in [1.807, 2.05) is 30.3 Å². The van der Waals surface area contributed by atoms with Gasteiger partial charge in [0.05, 0.1) is 17.0 Å². The zero-order chi connectivity index (χ0) is 22.1. The number of carbonyl (C=O) groups is 1. The number of nitrogens with zero attached hydrogens (tertiary/aromatic N) is 2. The Hall–Kier alpha value is -2.83. The van der Waals surface area contributed by atoms with Crippen LogP contribution in [0, 0.1) is 0 Å². The summed E-state index contributed by atoms with van der Waals surface area (Å²) in [4.78, 5) is 12.6. The molecule has 0 bridgehead atoms. The summed E-state index contributed by atoms with van der Waals surface area (Å²) >= 11 is 5.90. The lowest BCUT2D eigenvalue weighted by atomic mass is 9.92. The number of aliphatic hydroxyl groups is 1. The third-order valence-electron chi connectivity index (χ3n) is 4.64. The summed E-state index contributed by atoms with van der Waals surface area (Å²) in [5, 5.41) is 21.2. The molecule has 3 N–H and O–H groups in total. The van der Waals surface area contributed by atoms with Crippen LogP contribution >= 0.6 is 11.6 Å². The van der Waals surface area contributed by atoms with E-state index in [0.29, 0.717) is 16.5 Å². The second-order valence-electron chi connectivity index (χ2n) is 8.77. The fourth-order valence-corrected chi connectivity index (χ4v) is 2.98. The number of rotatable bonds is 4. The van der Waals surface area contributed by atoms with E-state index >= 15 is 0 Å². The van der Waals surface area contributed by atoms with E-state index in [9.17, 15) is 9.90 Å². The minimum atomic E-state index is -0.932. The standard InChI is InChI=1S/C23H27ClN4O2/c1-22(2,3)19-14-20(26-21(29)25-17-10-8-16(24)9-11-17)28(27-19)18-12-6-15(7-13-18)23(4,5)30/h6-14,30H,1-5H3,(H2,25,26,29). The summed E-state index contributed by atoms with van der Waals surface area (Å²) < 4.78 is 1.69. The van der Waals surface area contributed by atoms with Crippen molar-refractivity contribution in [3.05, 3.63) is 70.9 Å². The van der Waals surface area contributed by atoms with Crippen LogP contribution in [-0.4, -0.2) is 20.9 Å². The van der Waals surface area contributed by atoms with Crippen molar-refractivity contribution in [2.75, 3.05) is 10.6 Å². The number of urea groups is 1. The van der Waals surface area contributed by atoms with Gasteiger partial charge in [-0.15, -0.1) is 0 Å². The minimum Gasteiger partial charge on any atom is -0.386 e. The van der Waals surface area contributed by atoms with Crippen LogP contribution in [0.15, 0.2) is 54.6 Å². The van der Waals surface area contributed by atoms with Gasteiger partial charge in [-0.1, -0.05) is 44.5 Å². The Balaban J connectivity index is 1.90. The highest BCUT2D eigenvalue weighted by atomic mass is 35.5. The number of amides is 2. The van der Waals surface area contributed by atoms with Gasteiger partial charge in [0.25, 0.3) is 0 Å². The maximum Gasteiger partial charge on any atom is 0.324 e. The van der Waals surface area contributed by atoms with Gasteiger partial charge < -0.3 is 10.4 Å². The van der Waals surface area contributed by atoms with Gasteiger partial charge in [0.1, 0.15) is 5.82 Å². The molecule has 3 rings (SSSR count). The summed E-state index contributed by atoms with van der Waals surface area (Å²) in [6.45, 7) is 9.67. The number of hydrogen-bond acceptors (Lipinski definition) is 3. The highest BCUT2D eigenvalue weighted by Gasteiger charge is 2.22. The highest BCUT2D eigenvalue weighted by Crippen LogP contribution is 2.28. The average molecular weight is 427 g/mol. The number of aromatic nitrogens is 2. The van der Waals surface area contributed by atoms with Gasteiger partial charge in [0, 0.05) is 22.2 Å². The van der Waals surface area contributed by atoms with Crippen molar-refractivity contribution in [1.82, 2.24) is 9.78 Å². The van der Waals surface area contributed by atoms with E-state index < -0.39 is 5.60 Å². The molecule has 0 aliphatic carbocycles. The van der Waals surface area contributed by atoms with Crippen molar-refractivity contribution in [2.45, 2.75) is 45.6 Å². The van der Waals surface area contributed by atoms with Gasteiger partial charge in [0.15, 0.2) is 0 Å². The first-order valence-corrected chi connectivity index (χ1v) is 10.1. The molecule has 1 heterocycles. The van der Waals surface area contributed by atoms with E-state index in [2.05, 4.69) is 31.4 Å². The second kappa shape index (κ2) is 8.13. The molecule has 2 amide bonds. The van der Waals surface area contributed by atoms with Gasteiger partial charge in [-0.25, -0.2) is 9.48 Å². The first-order chi connectivity index (χ1) is 13.9. The Kier molecular flexibility index (Phi) is 5.92. The van der Waals surface area contributed by atoms with Crippen molar-refractivity contribution >= 4 is 29.1 Å². The van der Waals surface area contributed by atoms with E-state index in [1.165, 1.54) is 0 Å². The van der Waals surface area contributed by atoms with Crippen LogP contribution < -0.4 is 10.6 Å². The second-order valence-corrected chi connectivity index (χ2v) is 9.20. The van der Waals surface area contributed by atoms with Crippen LogP contribution in [0.5, 0.6) is 0 Å². The maximum atomic E-state index is 12.6. The number of hydrogen-bond donors (Lipinski definition) is 3. The monoisotopic (exact) mass is 426 g/mol. The Labute approximate surface area is 181 Å². The quantitative estimate of drug-likeness (QED) is 0.501. The molecule has 0 fully saturated rings. The average Bonchev–Trinajstić information content (AvgIpc) is 3.07. The fraction of sp³-hybridized carbons (Fsp3) is 0.304. The lowest BCUT2D eigenvalue weighted by Gasteiger charge is -2.18. The summed E-state index contributed by atoms with van der Waals surface area (Å²) in [5.74, 6) is 0.544. The Morgan fingerprint density at radius 1 is 0.967 bits per heavy atom. The molecule has 30 heavy (non-hydrogen) atoms. The topological polar surface area (TPSA) is 79.2 Å².